The largest absolute Gasteiger partial charge is 0.245 e. The molecule has 0 amide bonds. The molecule has 4 aliphatic rings. The first-order chi connectivity index (χ1) is 13.1. The van der Waals surface area contributed by atoms with E-state index in [1.54, 1.807) is 0 Å². The molecular formula is C24H39BF2. The minimum atomic E-state index is -1.43. The molecule has 4 atom stereocenters. The van der Waals surface area contributed by atoms with Crippen LogP contribution in [-0.2, 0) is 0 Å². The molecule has 4 unspecified atom stereocenters. The summed E-state index contributed by atoms with van der Waals surface area (Å²) in [6.45, 7) is 0. The van der Waals surface area contributed by atoms with E-state index in [1.165, 1.54) is 70.6 Å². The smallest absolute Gasteiger partial charge is 0.134 e. The van der Waals surface area contributed by atoms with Crippen LogP contribution in [0.2, 0.25) is 5.82 Å². The van der Waals surface area contributed by atoms with Crippen LogP contribution in [0.15, 0.2) is 0 Å². The lowest BCUT2D eigenvalue weighted by Crippen LogP contribution is -2.40. The summed E-state index contributed by atoms with van der Waals surface area (Å²) in [6, 6.07) is 0. The van der Waals surface area contributed by atoms with Crippen molar-refractivity contribution in [3.63, 3.8) is 0 Å². The van der Waals surface area contributed by atoms with Gasteiger partial charge in [-0.2, -0.15) is 0 Å². The summed E-state index contributed by atoms with van der Waals surface area (Å²) in [5, 5.41) is 0. The summed E-state index contributed by atoms with van der Waals surface area (Å²) in [4.78, 5) is 0. The van der Waals surface area contributed by atoms with Gasteiger partial charge in [-0.15, -0.1) is 0 Å². The fourth-order valence-electron chi connectivity index (χ4n) is 7.33. The van der Waals surface area contributed by atoms with Gasteiger partial charge >= 0.3 is 0 Å². The van der Waals surface area contributed by atoms with E-state index < -0.39 is 18.2 Å². The Morgan fingerprint density at radius 3 is 1.70 bits per heavy atom. The summed E-state index contributed by atoms with van der Waals surface area (Å²) in [5.74, 6) is 3.58. The van der Waals surface area contributed by atoms with Crippen molar-refractivity contribution in [2.75, 3.05) is 0 Å². The number of rotatable bonds is 4. The Bertz CT molecular complexity index is 447. The Morgan fingerprint density at radius 1 is 0.556 bits per heavy atom. The third-order valence-corrected chi connectivity index (χ3v) is 9.08. The van der Waals surface area contributed by atoms with Crippen LogP contribution in [-0.4, -0.2) is 20.2 Å². The topological polar surface area (TPSA) is 0 Å². The molecule has 0 saturated heterocycles. The predicted octanol–water partition coefficient (Wildman–Crippen LogP) is 7.22. The highest BCUT2D eigenvalue weighted by Gasteiger charge is 2.43. The van der Waals surface area contributed by atoms with E-state index in [9.17, 15) is 8.78 Å². The van der Waals surface area contributed by atoms with Crippen molar-refractivity contribution in [1.82, 2.24) is 0 Å². The fraction of sp³-hybridized carbons (Fsp3) is 1.00. The lowest BCUT2D eigenvalue weighted by atomic mass is 9.62. The summed E-state index contributed by atoms with van der Waals surface area (Å²) in [7, 11) is 5.73. The van der Waals surface area contributed by atoms with Gasteiger partial charge in [-0.1, -0.05) is 44.9 Å². The third kappa shape index (κ3) is 4.74. The van der Waals surface area contributed by atoms with Crippen molar-refractivity contribution in [2.24, 2.45) is 35.5 Å². The third-order valence-electron chi connectivity index (χ3n) is 9.08. The maximum absolute atomic E-state index is 14.5. The van der Waals surface area contributed by atoms with E-state index in [4.69, 9.17) is 7.85 Å². The van der Waals surface area contributed by atoms with E-state index in [1.807, 2.05) is 0 Å². The van der Waals surface area contributed by atoms with Crippen molar-refractivity contribution in [3.05, 3.63) is 0 Å². The molecular weight excluding hydrogens is 337 g/mol. The van der Waals surface area contributed by atoms with Gasteiger partial charge in [0.15, 0.2) is 0 Å². The molecule has 4 fully saturated rings. The highest BCUT2D eigenvalue weighted by Crippen LogP contribution is 2.48. The van der Waals surface area contributed by atoms with Crippen LogP contribution in [0.3, 0.4) is 0 Å². The molecule has 0 nitrogen and oxygen atoms in total. The first kappa shape index (κ1) is 20.2. The molecule has 0 aromatic rings. The second-order valence-corrected chi connectivity index (χ2v) is 10.6. The van der Waals surface area contributed by atoms with Crippen molar-refractivity contribution < 1.29 is 8.78 Å². The Morgan fingerprint density at radius 2 is 1.07 bits per heavy atom. The van der Waals surface area contributed by atoms with E-state index in [-0.39, 0.29) is 5.92 Å². The Balaban J connectivity index is 1.20. The number of halogens is 2. The monoisotopic (exact) mass is 376 g/mol. The summed E-state index contributed by atoms with van der Waals surface area (Å²) in [6.07, 6.45) is 16.7. The number of alkyl halides is 2. The fourth-order valence-corrected chi connectivity index (χ4v) is 7.33. The van der Waals surface area contributed by atoms with Crippen molar-refractivity contribution in [3.8, 4) is 0 Å². The van der Waals surface area contributed by atoms with Crippen LogP contribution in [0.4, 0.5) is 8.78 Å². The molecule has 152 valence electrons. The number of hydrogen-bond acceptors (Lipinski definition) is 0. The minimum Gasteiger partial charge on any atom is -0.245 e. The quantitative estimate of drug-likeness (QED) is 0.454. The zero-order valence-electron chi connectivity index (χ0n) is 17.1. The van der Waals surface area contributed by atoms with E-state index in [0.717, 1.165) is 42.9 Å². The Hall–Kier alpha value is -0.0751. The average Bonchev–Trinajstić information content (AvgIpc) is 3.20. The maximum Gasteiger partial charge on any atom is 0.134 e. The molecule has 3 heteroatoms. The molecule has 0 bridgehead atoms. The van der Waals surface area contributed by atoms with Crippen LogP contribution >= 0.6 is 0 Å². The minimum absolute atomic E-state index is 0.0668. The summed E-state index contributed by atoms with van der Waals surface area (Å²) < 4.78 is 28.5. The molecule has 4 aliphatic carbocycles. The SMILES string of the molecule is [B]C1CCC(C2CCC(C3CCC(CC4CCCC4)CC3)CC2)C(F)C1F. The molecule has 4 rings (SSSR count). The molecule has 0 aromatic heterocycles. The van der Waals surface area contributed by atoms with E-state index in [0.29, 0.717) is 12.3 Å². The average molecular weight is 376 g/mol. The number of hydrogen-bond donors (Lipinski definition) is 0. The first-order valence-corrected chi connectivity index (χ1v) is 12.2. The van der Waals surface area contributed by atoms with Gasteiger partial charge in [-0.25, -0.2) is 8.78 Å². The maximum atomic E-state index is 14.5. The van der Waals surface area contributed by atoms with Crippen LogP contribution in [0.25, 0.3) is 0 Å². The van der Waals surface area contributed by atoms with Crippen molar-refractivity contribution in [1.29, 1.82) is 0 Å². The molecule has 0 N–H and O–H groups in total. The van der Waals surface area contributed by atoms with Gasteiger partial charge in [0.2, 0.25) is 0 Å². The van der Waals surface area contributed by atoms with Gasteiger partial charge < -0.3 is 0 Å². The molecule has 0 aromatic carbocycles. The van der Waals surface area contributed by atoms with E-state index >= 15 is 0 Å². The van der Waals surface area contributed by atoms with Gasteiger partial charge in [-0.05, 0) is 92.7 Å². The predicted molar refractivity (Wildman–Crippen MR) is 109 cm³/mol. The van der Waals surface area contributed by atoms with Gasteiger partial charge in [0.05, 0.1) is 7.85 Å². The zero-order valence-corrected chi connectivity index (χ0v) is 17.1. The highest BCUT2D eigenvalue weighted by molar-refractivity contribution is 6.12. The van der Waals surface area contributed by atoms with Gasteiger partial charge in [0.25, 0.3) is 0 Å². The second kappa shape index (κ2) is 9.16. The molecule has 2 radical (unpaired) electrons. The van der Waals surface area contributed by atoms with E-state index in [2.05, 4.69) is 0 Å². The standard InChI is InChI=1S/C24H39BF2/c25-22-14-13-21(23(26)24(22)27)20-11-9-19(10-12-20)18-7-5-17(6-8-18)15-16-3-1-2-4-16/h16-24H,1-15H2. The molecule has 27 heavy (non-hydrogen) atoms. The van der Waals surface area contributed by atoms with Gasteiger partial charge in [0, 0.05) is 0 Å². The normalized spacial score (nSPS) is 47.2. The Labute approximate surface area is 167 Å². The van der Waals surface area contributed by atoms with Gasteiger partial charge in [0.1, 0.15) is 12.3 Å². The van der Waals surface area contributed by atoms with Crippen LogP contribution < -0.4 is 0 Å². The zero-order chi connectivity index (χ0) is 18.8. The lowest BCUT2D eigenvalue weighted by molar-refractivity contribution is 0.0160. The van der Waals surface area contributed by atoms with Crippen LogP contribution in [0.1, 0.15) is 96.3 Å². The van der Waals surface area contributed by atoms with Crippen LogP contribution in [0.5, 0.6) is 0 Å². The van der Waals surface area contributed by atoms with Crippen molar-refractivity contribution >= 4 is 7.85 Å². The van der Waals surface area contributed by atoms with Gasteiger partial charge in [-0.3, -0.25) is 0 Å². The lowest BCUT2D eigenvalue weighted by Gasteiger charge is -2.43. The first-order valence-electron chi connectivity index (χ1n) is 12.2. The van der Waals surface area contributed by atoms with Crippen molar-refractivity contribution in [2.45, 2.75) is 114 Å². The summed E-state index contributed by atoms with van der Waals surface area (Å²) >= 11 is 0. The second-order valence-electron chi connectivity index (χ2n) is 10.6. The molecule has 0 spiro atoms. The molecule has 0 heterocycles. The highest BCUT2D eigenvalue weighted by atomic mass is 19.2. The van der Waals surface area contributed by atoms with Crippen LogP contribution in [0, 0.1) is 35.5 Å². The summed E-state index contributed by atoms with van der Waals surface area (Å²) in [5.41, 5.74) is 0. The molecule has 4 saturated carbocycles. The Kier molecular flexibility index (Phi) is 6.86. The molecule has 0 aliphatic heterocycles.